The Kier molecular flexibility index (Phi) is 5.28. The third-order valence-electron chi connectivity index (χ3n) is 6.11. The van der Waals surface area contributed by atoms with Crippen molar-refractivity contribution >= 4 is 21.9 Å². The van der Waals surface area contributed by atoms with Crippen molar-refractivity contribution in [3.8, 4) is 22.4 Å². The van der Waals surface area contributed by atoms with Crippen molar-refractivity contribution in [1.82, 2.24) is 9.97 Å². The van der Waals surface area contributed by atoms with Crippen molar-refractivity contribution in [3.05, 3.63) is 84.4 Å². The lowest BCUT2D eigenvalue weighted by Gasteiger charge is -2.22. The molecule has 166 valence electrons. The van der Waals surface area contributed by atoms with Gasteiger partial charge in [-0.15, -0.1) is 0 Å². The van der Waals surface area contributed by atoms with Crippen LogP contribution in [0, 0.1) is 5.92 Å². The Bertz CT molecular complexity index is 1450. The molecule has 0 fully saturated rings. The Hall–Kier alpha value is -3.46. The maximum absolute atomic E-state index is 6.25. The van der Waals surface area contributed by atoms with Crippen molar-refractivity contribution in [2.75, 3.05) is 0 Å². The highest BCUT2D eigenvalue weighted by molar-refractivity contribution is 5.93. The molecule has 33 heavy (non-hydrogen) atoms. The van der Waals surface area contributed by atoms with Crippen molar-refractivity contribution in [2.24, 2.45) is 5.92 Å². The maximum Gasteiger partial charge on any atom is 0.160 e. The molecule has 0 aliphatic heterocycles. The van der Waals surface area contributed by atoms with Gasteiger partial charge in [0.2, 0.25) is 0 Å². The third-order valence-corrected chi connectivity index (χ3v) is 6.11. The molecule has 0 radical (unpaired) electrons. The first-order chi connectivity index (χ1) is 15.8. The largest absolute Gasteiger partial charge is 0.459 e. The summed E-state index contributed by atoms with van der Waals surface area (Å²) in [6.07, 6.45) is 4.66. The van der Waals surface area contributed by atoms with Crippen molar-refractivity contribution in [1.29, 1.82) is 0 Å². The lowest BCUT2D eigenvalue weighted by atomic mass is 9.82. The van der Waals surface area contributed by atoms with E-state index in [0.29, 0.717) is 5.92 Å². The molecule has 0 aliphatic carbocycles. The fourth-order valence-corrected chi connectivity index (χ4v) is 4.55. The second-order valence-electron chi connectivity index (χ2n) is 10.3. The van der Waals surface area contributed by atoms with E-state index in [1.165, 1.54) is 16.3 Å². The van der Waals surface area contributed by atoms with E-state index in [4.69, 9.17) is 9.40 Å². The van der Waals surface area contributed by atoms with Gasteiger partial charge in [0, 0.05) is 36.0 Å². The minimum Gasteiger partial charge on any atom is -0.459 e. The predicted molar refractivity (Wildman–Crippen MR) is 137 cm³/mol. The SMILES string of the molecule is CC(C)Cc1cc2nccc(-c3ccnc(-c4cc(C(C)(C)C)c5ccccc5c4)c3)c2o1. The average Bonchev–Trinajstić information content (AvgIpc) is 3.19. The van der Waals surface area contributed by atoms with E-state index in [9.17, 15) is 0 Å². The van der Waals surface area contributed by atoms with Crippen LogP contribution in [0.1, 0.15) is 45.9 Å². The minimum atomic E-state index is 0.0332. The van der Waals surface area contributed by atoms with Crippen LogP contribution in [0.2, 0.25) is 0 Å². The van der Waals surface area contributed by atoms with Gasteiger partial charge >= 0.3 is 0 Å². The minimum absolute atomic E-state index is 0.0332. The predicted octanol–water partition coefficient (Wildman–Crippen LogP) is 8.21. The number of hydrogen-bond acceptors (Lipinski definition) is 3. The molecule has 0 saturated carbocycles. The van der Waals surface area contributed by atoms with E-state index in [1.807, 2.05) is 18.5 Å². The van der Waals surface area contributed by atoms with Crippen LogP contribution in [-0.4, -0.2) is 9.97 Å². The fraction of sp³-hybridized carbons (Fsp3) is 0.267. The van der Waals surface area contributed by atoms with Gasteiger partial charge < -0.3 is 4.42 Å². The van der Waals surface area contributed by atoms with Gasteiger partial charge in [0.1, 0.15) is 11.3 Å². The third kappa shape index (κ3) is 4.16. The van der Waals surface area contributed by atoms with Crippen LogP contribution in [-0.2, 0) is 11.8 Å². The number of benzene rings is 2. The van der Waals surface area contributed by atoms with Gasteiger partial charge in [-0.3, -0.25) is 9.97 Å². The molecule has 0 spiro atoms. The zero-order valence-corrected chi connectivity index (χ0v) is 20.0. The Morgan fingerprint density at radius 2 is 1.64 bits per heavy atom. The molecule has 3 aromatic heterocycles. The van der Waals surface area contributed by atoms with Crippen LogP contribution in [0.3, 0.4) is 0 Å². The molecule has 0 N–H and O–H groups in total. The summed E-state index contributed by atoms with van der Waals surface area (Å²) in [6.45, 7) is 11.2. The van der Waals surface area contributed by atoms with E-state index in [0.717, 1.165) is 45.7 Å². The molecule has 0 atom stereocenters. The maximum atomic E-state index is 6.25. The van der Waals surface area contributed by atoms with E-state index in [-0.39, 0.29) is 5.41 Å². The van der Waals surface area contributed by atoms with Crippen LogP contribution in [0.15, 0.2) is 77.5 Å². The topological polar surface area (TPSA) is 38.9 Å². The lowest BCUT2D eigenvalue weighted by Crippen LogP contribution is -2.12. The molecule has 0 saturated heterocycles. The van der Waals surface area contributed by atoms with Gasteiger partial charge in [-0.25, -0.2) is 0 Å². The van der Waals surface area contributed by atoms with Gasteiger partial charge in [-0.2, -0.15) is 0 Å². The number of rotatable bonds is 4. The van der Waals surface area contributed by atoms with E-state index in [1.54, 1.807) is 0 Å². The number of pyridine rings is 2. The highest BCUT2D eigenvalue weighted by atomic mass is 16.3. The highest BCUT2D eigenvalue weighted by Gasteiger charge is 2.19. The molecule has 0 unspecified atom stereocenters. The molecule has 3 heterocycles. The lowest BCUT2D eigenvalue weighted by molar-refractivity contribution is 0.500. The quantitative estimate of drug-likeness (QED) is 0.286. The van der Waals surface area contributed by atoms with Crippen LogP contribution >= 0.6 is 0 Å². The van der Waals surface area contributed by atoms with E-state index >= 15 is 0 Å². The highest BCUT2D eigenvalue weighted by Crippen LogP contribution is 2.36. The summed E-state index contributed by atoms with van der Waals surface area (Å²) in [7, 11) is 0. The molecule has 3 heteroatoms. The van der Waals surface area contributed by atoms with Gasteiger partial charge in [0.05, 0.1) is 5.69 Å². The second-order valence-corrected chi connectivity index (χ2v) is 10.3. The summed E-state index contributed by atoms with van der Waals surface area (Å²) in [5.41, 5.74) is 7.35. The summed E-state index contributed by atoms with van der Waals surface area (Å²) in [5, 5.41) is 2.54. The van der Waals surface area contributed by atoms with Gasteiger partial charge in [-0.1, -0.05) is 58.9 Å². The van der Waals surface area contributed by atoms with Crippen molar-refractivity contribution < 1.29 is 4.42 Å². The van der Waals surface area contributed by atoms with Gasteiger partial charge in [-0.05, 0) is 63.6 Å². The first-order valence-electron chi connectivity index (χ1n) is 11.7. The number of aromatic nitrogens is 2. The molecule has 5 rings (SSSR count). The molecule has 3 nitrogen and oxygen atoms in total. The standard InChI is InChI=1S/C30H30N2O/c1-19(2)14-23-18-28-29(33-23)25(11-13-32-28)21-10-12-31-27(17-21)22-15-20-8-6-7-9-24(20)26(16-22)30(3,4)5/h6-13,15-19H,14H2,1-5H3. The van der Waals surface area contributed by atoms with Crippen molar-refractivity contribution in [3.63, 3.8) is 0 Å². The van der Waals surface area contributed by atoms with E-state index in [2.05, 4.69) is 94.2 Å². The summed E-state index contributed by atoms with van der Waals surface area (Å²) < 4.78 is 6.25. The van der Waals surface area contributed by atoms with Crippen molar-refractivity contribution in [2.45, 2.75) is 46.5 Å². The number of nitrogens with zero attached hydrogens (tertiary/aromatic N) is 2. The molecule has 0 amide bonds. The molecule has 0 aliphatic rings. The summed E-state index contributed by atoms with van der Waals surface area (Å²) in [6, 6.07) is 21.5. The number of fused-ring (bicyclic) bond motifs is 2. The Labute approximate surface area is 195 Å². The Balaban J connectivity index is 1.64. The molecule has 0 bridgehead atoms. The number of hydrogen-bond donors (Lipinski definition) is 0. The fourth-order valence-electron chi connectivity index (χ4n) is 4.55. The first-order valence-corrected chi connectivity index (χ1v) is 11.7. The van der Waals surface area contributed by atoms with E-state index < -0.39 is 0 Å². The molecule has 5 aromatic rings. The monoisotopic (exact) mass is 434 g/mol. The molecular formula is C30H30N2O. The van der Waals surface area contributed by atoms with Gasteiger partial charge in [0.15, 0.2) is 5.58 Å². The normalized spacial score (nSPS) is 12.2. The second kappa shape index (κ2) is 8.15. The van der Waals surface area contributed by atoms with Crippen LogP contribution in [0.4, 0.5) is 0 Å². The van der Waals surface area contributed by atoms with Gasteiger partial charge in [0.25, 0.3) is 0 Å². The zero-order chi connectivity index (χ0) is 23.2. The Morgan fingerprint density at radius 3 is 2.42 bits per heavy atom. The first kappa shape index (κ1) is 21.4. The molecule has 2 aromatic carbocycles. The Morgan fingerprint density at radius 1 is 0.848 bits per heavy atom. The van der Waals surface area contributed by atoms with Crippen LogP contribution in [0.5, 0.6) is 0 Å². The van der Waals surface area contributed by atoms with Crippen LogP contribution in [0.25, 0.3) is 44.3 Å². The summed E-state index contributed by atoms with van der Waals surface area (Å²) >= 11 is 0. The molecular weight excluding hydrogens is 404 g/mol. The summed E-state index contributed by atoms with van der Waals surface area (Å²) in [5.74, 6) is 1.52. The number of furan rings is 1. The smallest absolute Gasteiger partial charge is 0.160 e. The summed E-state index contributed by atoms with van der Waals surface area (Å²) in [4.78, 5) is 9.28. The zero-order valence-electron chi connectivity index (χ0n) is 20.0. The average molecular weight is 435 g/mol. The van der Waals surface area contributed by atoms with Crippen LogP contribution < -0.4 is 0 Å².